The molecule has 1 aliphatic heterocycles. The molecule has 2 aliphatic rings. The highest BCUT2D eigenvalue weighted by Gasteiger charge is 2.25. The van der Waals surface area contributed by atoms with Crippen LogP contribution in [0.25, 0.3) is 11.0 Å². The molecule has 0 atom stereocenters. The number of para-hydroxylation sites is 2. The van der Waals surface area contributed by atoms with Crippen molar-refractivity contribution in [3.8, 4) is 5.75 Å². The molecule has 0 radical (unpaired) electrons. The quantitative estimate of drug-likeness (QED) is 0.456. The van der Waals surface area contributed by atoms with E-state index in [4.69, 9.17) is 9.72 Å². The largest absolute Gasteiger partial charge is 0.497 e. The smallest absolute Gasteiger partial charge is 0.118 e. The predicted octanol–water partition coefficient (Wildman–Crippen LogP) is 6.05. The Balaban J connectivity index is 1.19. The summed E-state index contributed by atoms with van der Waals surface area (Å²) in [6, 6.07) is 18.0. The van der Waals surface area contributed by atoms with Crippen molar-refractivity contribution in [2.45, 2.75) is 63.8 Å². The third kappa shape index (κ3) is 4.85. The van der Waals surface area contributed by atoms with E-state index in [1.165, 1.54) is 80.5 Å². The molecule has 170 valence electrons. The van der Waals surface area contributed by atoms with Crippen LogP contribution in [0.3, 0.4) is 0 Å². The second-order valence-electron chi connectivity index (χ2n) is 9.77. The normalized spacial score (nSPS) is 18.9. The van der Waals surface area contributed by atoms with Crippen LogP contribution in [0.1, 0.15) is 62.4 Å². The number of rotatable bonds is 7. The molecule has 0 spiro atoms. The SMILES string of the molecule is COc1ccc(CCN2CCC(Cc3nc4ccccc4n3C3CCCCC3)CC2)cc1. The monoisotopic (exact) mass is 431 g/mol. The Morgan fingerprint density at radius 2 is 1.66 bits per heavy atom. The van der Waals surface area contributed by atoms with Gasteiger partial charge in [0.2, 0.25) is 0 Å². The first-order chi connectivity index (χ1) is 15.8. The maximum Gasteiger partial charge on any atom is 0.118 e. The molecule has 2 fully saturated rings. The molecule has 0 amide bonds. The molecule has 0 unspecified atom stereocenters. The third-order valence-corrected chi connectivity index (χ3v) is 7.66. The molecule has 32 heavy (non-hydrogen) atoms. The first kappa shape index (κ1) is 21.5. The van der Waals surface area contributed by atoms with Crippen LogP contribution >= 0.6 is 0 Å². The zero-order valence-corrected chi connectivity index (χ0v) is 19.5. The van der Waals surface area contributed by atoms with Gasteiger partial charge in [0.05, 0.1) is 18.1 Å². The van der Waals surface area contributed by atoms with Gasteiger partial charge in [-0.25, -0.2) is 4.98 Å². The van der Waals surface area contributed by atoms with E-state index < -0.39 is 0 Å². The number of hydrogen-bond donors (Lipinski definition) is 0. The lowest BCUT2D eigenvalue weighted by molar-refractivity contribution is 0.183. The minimum absolute atomic E-state index is 0.649. The molecule has 4 nitrogen and oxygen atoms in total. The molecule has 3 aromatic rings. The van der Waals surface area contributed by atoms with Crippen molar-refractivity contribution in [1.82, 2.24) is 14.5 Å². The van der Waals surface area contributed by atoms with Gasteiger partial charge in [0.15, 0.2) is 0 Å². The van der Waals surface area contributed by atoms with Crippen molar-refractivity contribution in [2.24, 2.45) is 5.92 Å². The van der Waals surface area contributed by atoms with Crippen LogP contribution in [0.15, 0.2) is 48.5 Å². The molecule has 2 heterocycles. The highest BCUT2D eigenvalue weighted by molar-refractivity contribution is 5.76. The summed E-state index contributed by atoms with van der Waals surface area (Å²) in [5.74, 6) is 3.04. The lowest BCUT2D eigenvalue weighted by atomic mass is 9.91. The average Bonchev–Trinajstić information content (AvgIpc) is 3.22. The Morgan fingerprint density at radius 3 is 2.41 bits per heavy atom. The Morgan fingerprint density at radius 1 is 0.906 bits per heavy atom. The van der Waals surface area contributed by atoms with Crippen LogP contribution in [-0.2, 0) is 12.8 Å². The number of benzene rings is 2. The number of imidazole rings is 1. The average molecular weight is 432 g/mol. The van der Waals surface area contributed by atoms with Crippen molar-refractivity contribution in [3.05, 3.63) is 59.9 Å². The maximum atomic E-state index is 5.27. The summed E-state index contributed by atoms with van der Waals surface area (Å²) in [6.07, 6.45) is 11.6. The predicted molar refractivity (Wildman–Crippen MR) is 131 cm³/mol. The number of aromatic nitrogens is 2. The number of hydrogen-bond acceptors (Lipinski definition) is 3. The summed E-state index contributed by atoms with van der Waals surface area (Å²) in [4.78, 5) is 7.77. The molecule has 1 aromatic heterocycles. The summed E-state index contributed by atoms with van der Waals surface area (Å²) in [7, 11) is 1.73. The van der Waals surface area contributed by atoms with Crippen LogP contribution < -0.4 is 4.74 Å². The fourth-order valence-corrected chi connectivity index (χ4v) is 5.74. The molecule has 0 bridgehead atoms. The first-order valence-corrected chi connectivity index (χ1v) is 12.6. The van der Waals surface area contributed by atoms with Crippen molar-refractivity contribution >= 4 is 11.0 Å². The zero-order chi connectivity index (χ0) is 21.8. The second kappa shape index (κ2) is 10.1. The fourth-order valence-electron chi connectivity index (χ4n) is 5.74. The van der Waals surface area contributed by atoms with Gasteiger partial charge in [-0.2, -0.15) is 0 Å². The maximum absolute atomic E-state index is 5.27. The van der Waals surface area contributed by atoms with Gasteiger partial charge in [-0.1, -0.05) is 43.5 Å². The number of nitrogens with zero attached hydrogens (tertiary/aromatic N) is 3. The van der Waals surface area contributed by atoms with Crippen molar-refractivity contribution in [2.75, 3.05) is 26.7 Å². The van der Waals surface area contributed by atoms with Gasteiger partial charge < -0.3 is 14.2 Å². The Labute approximate surface area is 192 Å². The van der Waals surface area contributed by atoms with E-state index in [0.29, 0.717) is 6.04 Å². The van der Waals surface area contributed by atoms with Gasteiger partial charge in [-0.3, -0.25) is 0 Å². The van der Waals surface area contributed by atoms with Gasteiger partial charge in [-0.15, -0.1) is 0 Å². The van der Waals surface area contributed by atoms with Gasteiger partial charge >= 0.3 is 0 Å². The number of likely N-dealkylation sites (tertiary alicyclic amines) is 1. The highest BCUT2D eigenvalue weighted by Crippen LogP contribution is 2.34. The van der Waals surface area contributed by atoms with Crippen molar-refractivity contribution < 1.29 is 4.74 Å². The highest BCUT2D eigenvalue weighted by atomic mass is 16.5. The summed E-state index contributed by atoms with van der Waals surface area (Å²) >= 11 is 0. The van der Waals surface area contributed by atoms with Crippen molar-refractivity contribution in [3.63, 3.8) is 0 Å². The van der Waals surface area contributed by atoms with Crippen LogP contribution in [0, 0.1) is 5.92 Å². The van der Waals surface area contributed by atoms with E-state index in [1.807, 2.05) is 0 Å². The molecule has 1 saturated carbocycles. The number of ether oxygens (including phenoxy) is 1. The van der Waals surface area contributed by atoms with E-state index in [1.54, 1.807) is 7.11 Å². The van der Waals surface area contributed by atoms with Crippen molar-refractivity contribution in [1.29, 1.82) is 0 Å². The van der Waals surface area contributed by atoms with Crippen LogP contribution in [0.4, 0.5) is 0 Å². The van der Waals surface area contributed by atoms with Crippen LogP contribution in [0.2, 0.25) is 0 Å². The number of piperidine rings is 1. The van der Waals surface area contributed by atoms with Gasteiger partial charge in [0, 0.05) is 19.0 Å². The van der Waals surface area contributed by atoms with Crippen LogP contribution in [-0.4, -0.2) is 41.2 Å². The number of fused-ring (bicyclic) bond motifs is 1. The third-order valence-electron chi connectivity index (χ3n) is 7.66. The molecule has 0 N–H and O–H groups in total. The molecular formula is C28H37N3O. The summed E-state index contributed by atoms with van der Waals surface area (Å²) in [5.41, 5.74) is 3.94. The Kier molecular flexibility index (Phi) is 6.77. The zero-order valence-electron chi connectivity index (χ0n) is 19.5. The van der Waals surface area contributed by atoms with E-state index in [-0.39, 0.29) is 0 Å². The minimum atomic E-state index is 0.649. The molecule has 2 aromatic carbocycles. The van der Waals surface area contributed by atoms with Gasteiger partial charge in [0.1, 0.15) is 11.6 Å². The van der Waals surface area contributed by atoms with Crippen LogP contribution in [0.5, 0.6) is 5.75 Å². The Bertz CT molecular complexity index is 995. The molecular weight excluding hydrogens is 394 g/mol. The number of methoxy groups -OCH3 is 1. The lowest BCUT2D eigenvalue weighted by Gasteiger charge is -2.32. The molecule has 1 saturated heterocycles. The summed E-state index contributed by atoms with van der Waals surface area (Å²) < 4.78 is 7.90. The second-order valence-corrected chi connectivity index (χ2v) is 9.77. The standard InChI is InChI=1S/C28H37N3O/c1-32-25-13-11-22(12-14-25)15-18-30-19-16-23(17-20-30)21-28-29-26-9-5-6-10-27(26)31(28)24-7-3-2-4-8-24/h5-6,9-14,23-24H,2-4,7-8,15-21H2,1H3. The van der Waals surface area contributed by atoms with E-state index in [0.717, 1.165) is 31.1 Å². The van der Waals surface area contributed by atoms with E-state index in [9.17, 15) is 0 Å². The molecule has 1 aliphatic carbocycles. The first-order valence-electron chi connectivity index (χ1n) is 12.6. The van der Waals surface area contributed by atoms with E-state index in [2.05, 4.69) is 58.0 Å². The Hall–Kier alpha value is -2.33. The van der Waals surface area contributed by atoms with Gasteiger partial charge in [-0.05, 0) is 80.9 Å². The summed E-state index contributed by atoms with van der Waals surface area (Å²) in [5, 5.41) is 0. The topological polar surface area (TPSA) is 30.3 Å². The molecule has 5 rings (SSSR count). The fraction of sp³-hybridized carbons (Fsp3) is 0.536. The minimum Gasteiger partial charge on any atom is -0.497 e. The summed E-state index contributed by atoms with van der Waals surface area (Å²) in [6.45, 7) is 3.58. The van der Waals surface area contributed by atoms with E-state index >= 15 is 0 Å². The van der Waals surface area contributed by atoms with Gasteiger partial charge in [0.25, 0.3) is 0 Å². The lowest BCUT2D eigenvalue weighted by Crippen LogP contribution is -2.36. The molecule has 4 heteroatoms.